The first-order chi connectivity index (χ1) is 10.9. The minimum Gasteiger partial charge on any atom is -0.465 e. The lowest BCUT2D eigenvalue weighted by Crippen LogP contribution is -2.56. The van der Waals surface area contributed by atoms with Gasteiger partial charge < -0.3 is 20.6 Å². The first kappa shape index (κ1) is 15.3. The van der Waals surface area contributed by atoms with Crippen LogP contribution in [0.2, 0.25) is 0 Å². The average Bonchev–Trinajstić information content (AvgIpc) is 2.75. The second kappa shape index (κ2) is 5.58. The van der Waals surface area contributed by atoms with Crippen LogP contribution in [0.15, 0.2) is 27.1 Å². The van der Waals surface area contributed by atoms with Crippen molar-refractivity contribution in [2.24, 2.45) is 5.73 Å². The Kier molecular flexibility index (Phi) is 3.72. The summed E-state index contributed by atoms with van der Waals surface area (Å²) in [4.78, 5) is 35.8. The van der Waals surface area contributed by atoms with Crippen LogP contribution in [0.3, 0.4) is 0 Å². The molecule has 1 fully saturated rings. The molecule has 1 saturated heterocycles. The predicted octanol–water partition coefficient (Wildman–Crippen LogP) is 1.98. The average molecular weight is 382 g/mol. The van der Waals surface area contributed by atoms with Gasteiger partial charge in [0.15, 0.2) is 0 Å². The zero-order chi connectivity index (χ0) is 16.7. The SMILES string of the molecule is NC(=O)c1oc2ccc(Br)cc2c1NC(=O)[C@@H]1CCN1C(=O)O. The van der Waals surface area contributed by atoms with E-state index in [1.54, 1.807) is 18.2 Å². The van der Waals surface area contributed by atoms with Gasteiger partial charge in [0, 0.05) is 16.4 Å². The molecule has 0 unspecified atom stereocenters. The van der Waals surface area contributed by atoms with Crippen LogP contribution < -0.4 is 11.1 Å². The molecule has 23 heavy (non-hydrogen) atoms. The summed E-state index contributed by atoms with van der Waals surface area (Å²) in [5.74, 6) is -1.52. The number of furan rings is 1. The van der Waals surface area contributed by atoms with Crippen molar-refractivity contribution in [1.82, 2.24) is 4.90 Å². The van der Waals surface area contributed by atoms with E-state index < -0.39 is 23.9 Å². The van der Waals surface area contributed by atoms with E-state index in [4.69, 9.17) is 15.3 Å². The number of hydrogen-bond donors (Lipinski definition) is 3. The summed E-state index contributed by atoms with van der Waals surface area (Å²) in [5.41, 5.74) is 5.83. The van der Waals surface area contributed by atoms with E-state index in [2.05, 4.69) is 21.2 Å². The van der Waals surface area contributed by atoms with Crippen molar-refractivity contribution in [3.8, 4) is 0 Å². The summed E-state index contributed by atoms with van der Waals surface area (Å²) in [6.45, 7) is 0.299. The van der Waals surface area contributed by atoms with Crippen LogP contribution >= 0.6 is 15.9 Å². The number of halogens is 1. The smallest absolute Gasteiger partial charge is 0.407 e. The zero-order valence-electron chi connectivity index (χ0n) is 11.7. The molecular weight excluding hydrogens is 370 g/mol. The largest absolute Gasteiger partial charge is 0.465 e. The lowest BCUT2D eigenvalue weighted by Gasteiger charge is -2.37. The van der Waals surface area contributed by atoms with Gasteiger partial charge in [0.25, 0.3) is 5.91 Å². The van der Waals surface area contributed by atoms with Crippen LogP contribution in [0.25, 0.3) is 11.0 Å². The fourth-order valence-corrected chi connectivity index (χ4v) is 2.82. The number of rotatable bonds is 3. The van der Waals surface area contributed by atoms with Gasteiger partial charge in [-0.3, -0.25) is 14.5 Å². The number of carboxylic acid groups (broad SMARTS) is 1. The van der Waals surface area contributed by atoms with Gasteiger partial charge in [0.2, 0.25) is 11.7 Å². The number of benzene rings is 1. The topological polar surface area (TPSA) is 126 Å². The molecule has 0 radical (unpaired) electrons. The summed E-state index contributed by atoms with van der Waals surface area (Å²) >= 11 is 3.31. The number of likely N-dealkylation sites (tertiary alicyclic amines) is 1. The first-order valence-corrected chi connectivity index (χ1v) is 7.50. The molecule has 120 valence electrons. The number of amides is 3. The summed E-state index contributed by atoms with van der Waals surface area (Å²) in [5, 5.41) is 12.0. The monoisotopic (exact) mass is 381 g/mol. The molecule has 3 amide bonds. The molecule has 2 heterocycles. The van der Waals surface area contributed by atoms with E-state index in [1.165, 1.54) is 0 Å². The fourth-order valence-electron chi connectivity index (χ4n) is 2.46. The molecule has 1 aromatic heterocycles. The Bertz CT molecular complexity index is 831. The standard InChI is InChI=1S/C14H12BrN3O5/c15-6-1-2-9-7(5-6)10(11(23-9)12(16)19)17-13(20)8-3-4-18(8)14(21)22/h1-2,5,8H,3-4H2,(H2,16,19)(H,17,20)(H,21,22)/t8-/m0/s1. The number of fused-ring (bicyclic) bond motifs is 1. The second-order valence-corrected chi connectivity index (χ2v) is 6.00. The van der Waals surface area contributed by atoms with Crippen LogP contribution in [0.5, 0.6) is 0 Å². The van der Waals surface area contributed by atoms with Gasteiger partial charge in [-0.1, -0.05) is 15.9 Å². The Balaban J connectivity index is 1.97. The van der Waals surface area contributed by atoms with Crippen molar-refractivity contribution in [2.75, 3.05) is 11.9 Å². The van der Waals surface area contributed by atoms with Gasteiger partial charge in [0.1, 0.15) is 17.3 Å². The summed E-state index contributed by atoms with van der Waals surface area (Å²) in [7, 11) is 0. The van der Waals surface area contributed by atoms with Crippen LogP contribution in [0.1, 0.15) is 17.0 Å². The van der Waals surface area contributed by atoms with E-state index >= 15 is 0 Å². The Morgan fingerprint density at radius 1 is 1.39 bits per heavy atom. The van der Waals surface area contributed by atoms with E-state index in [1.807, 2.05) is 0 Å². The lowest BCUT2D eigenvalue weighted by atomic mass is 10.0. The van der Waals surface area contributed by atoms with Crippen molar-refractivity contribution in [3.05, 3.63) is 28.4 Å². The fraction of sp³-hybridized carbons (Fsp3) is 0.214. The highest BCUT2D eigenvalue weighted by Crippen LogP contribution is 2.33. The number of nitrogens with two attached hydrogens (primary N) is 1. The molecule has 1 atom stereocenters. The van der Waals surface area contributed by atoms with Crippen molar-refractivity contribution < 1.29 is 23.9 Å². The Labute approximate surface area is 138 Å². The molecule has 8 nitrogen and oxygen atoms in total. The molecule has 1 aliphatic rings. The van der Waals surface area contributed by atoms with E-state index in [-0.39, 0.29) is 11.4 Å². The Morgan fingerprint density at radius 2 is 2.13 bits per heavy atom. The van der Waals surface area contributed by atoms with Gasteiger partial charge in [0.05, 0.1) is 0 Å². The van der Waals surface area contributed by atoms with E-state index in [0.717, 1.165) is 9.37 Å². The first-order valence-electron chi connectivity index (χ1n) is 6.70. The quantitative estimate of drug-likeness (QED) is 0.749. The molecule has 1 aliphatic heterocycles. The number of nitrogens with zero attached hydrogens (tertiary/aromatic N) is 1. The van der Waals surface area contributed by atoms with Crippen LogP contribution in [-0.4, -0.2) is 40.5 Å². The molecule has 9 heteroatoms. The predicted molar refractivity (Wildman–Crippen MR) is 84.2 cm³/mol. The molecule has 0 saturated carbocycles. The number of anilines is 1. The third-order valence-electron chi connectivity index (χ3n) is 3.69. The molecule has 0 aliphatic carbocycles. The van der Waals surface area contributed by atoms with Gasteiger partial charge in [-0.05, 0) is 24.6 Å². The zero-order valence-corrected chi connectivity index (χ0v) is 13.3. The number of primary amides is 1. The molecule has 3 rings (SSSR count). The minimum absolute atomic E-state index is 0.149. The molecule has 0 spiro atoms. The highest BCUT2D eigenvalue weighted by molar-refractivity contribution is 9.10. The highest BCUT2D eigenvalue weighted by atomic mass is 79.9. The van der Waals surface area contributed by atoms with Crippen molar-refractivity contribution >= 4 is 50.5 Å². The third-order valence-corrected chi connectivity index (χ3v) is 4.18. The van der Waals surface area contributed by atoms with Crippen LogP contribution in [0.4, 0.5) is 10.5 Å². The third kappa shape index (κ3) is 2.63. The number of nitrogens with one attached hydrogen (secondary N) is 1. The molecule has 0 bridgehead atoms. The molecule has 4 N–H and O–H groups in total. The highest BCUT2D eigenvalue weighted by Gasteiger charge is 2.38. The van der Waals surface area contributed by atoms with E-state index in [9.17, 15) is 14.4 Å². The van der Waals surface area contributed by atoms with Gasteiger partial charge in [-0.25, -0.2) is 4.79 Å². The maximum Gasteiger partial charge on any atom is 0.407 e. The van der Waals surface area contributed by atoms with Crippen LogP contribution in [0, 0.1) is 0 Å². The number of hydrogen-bond acceptors (Lipinski definition) is 4. The second-order valence-electron chi connectivity index (χ2n) is 5.08. The maximum absolute atomic E-state index is 12.3. The summed E-state index contributed by atoms with van der Waals surface area (Å²) in [6.07, 6.45) is -0.741. The molecular formula is C14H12BrN3O5. The van der Waals surface area contributed by atoms with Crippen molar-refractivity contribution in [1.29, 1.82) is 0 Å². The number of carbonyl (C=O) groups excluding carboxylic acids is 2. The lowest BCUT2D eigenvalue weighted by molar-refractivity contribution is -0.124. The van der Waals surface area contributed by atoms with Gasteiger partial charge in [-0.2, -0.15) is 0 Å². The maximum atomic E-state index is 12.3. The number of carbonyl (C=O) groups is 3. The normalized spacial score (nSPS) is 16.9. The minimum atomic E-state index is -1.16. The van der Waals surface area contributed by atoms with Crippen molar-refractivity contribution in [3.63, 3.8) is 0 Å². The summed E-state index contributed by atoms with van der Waals surface area (Å²) < 4.78 is 6.11. The summed E-state index contributed by atoms with van der Waals surface area (Å²) in [6, 6.07) is 4.25. The van der Waals surface area contributed by atoms with E-state index in [0.29, 0.717) is 23.9 Å². The molecule has 2 aromatic rings. The Morgan fingerprint density at radius 3 is 2.70 bits per heavy atom. The van der Waals surface area contributed by atoms with Gasteiger partial charge >= 0.3 is 6.09 Å². The van der Waals surface area contributed by atoms with Crippen molar-refractivity contribution in [2.45, 2.75) is 12.5 Å². The molecule has 1 aromatic carbocycles. The Hall–Kier alpha value is -2.55. The van der Waals surface area contributed by atoms with Crippen LogP contribution in [-0.2, 0) is 4.79 Å². The van der Waals surface area contributed by atoms with Gasteiger partial charge in [-0.15, -0.1) is 0 Å².